The molecular weight excluding hydrogens is 230 g/mol. The molecule has 1 atom stereocenters. The molecule has 0 aliphatic heterocycles. The average Bonchev–Trinajstić information content (AvgIpc) is 2.44. The first-order valence-corrected chi connectivity index (χ1v) is 6.12. The molecule has 0 saturated heterocycles. The predicted octanol–water partition coefficient (Wildman–Crippen LogP) is 1.70. The van der Waals surface area contributed by atoms with E-state index in [1.807, 2.05) is 18.2 Å². The first kappa shape index (κ1) is 12.6. The smallest absolute Gasteiger partial charge is 0.325 e. The van der Waals surface area contributed by atoms with Crippen molar-refractivity contribution in [2.24, 2.45) is 0 Å². The number of aryl methyl sites for hydroxylation is 1. The van der Waals surface area contributed by atoms with Gasteiger partial charge >= 0.3 is 5.97 Å². The maximum Gasteiger partial charge on any atom is 0.325 e. The number of benzene rings is 1. The minimum atomic E-state index is -0.384. The summed E-state index contributed by atoms with van der Waals surface area (Å²) in [5.41, 5.74) is 2.42. The number of hydrogen-bond donors (Lipinski definition) is 0. The SMILES string of the molecule is COC(=O)CN(C=O)[C@@H]1CCCc2ccccc21. The molecule has 96 valence electrons. The van der Waals surface area contributed by atoms with E-state index >= 15 is 0 Å². The maximum absolute atomic E-state index is 11.3. The van der Waals surface area contributed by atoms with Crippen molar-refractivity contribution in [3.63, 3.8) is 0 Å². The summed E-state index contributed by atoms with van der Waals surface area (Å²) in [6, 6.07) is 8.09. The fourth-order valence-electron chi connectivity index (χ4n) is 2.51. The molecule has 0 heterocycles. The lowest BCUT2D eigenvalue weighted by atomic mass is 9.87. The molecule has 4 nitrogen and oxygen atoms in total. The summed E-state index contributed by atoms with van der Waals surface area (Å²) in [4.78, 5) is 24.0. The quantitative estimate of drug-likeness (QED) is 0.601. The van der Waals surface area contributed by atoms with Gasteiger partial charge in [0.15, 0.2) is 0 Å². The lowest BCUT2D eigenvalue weighted by molar-refractivity contribution is -0.145. The van der Waals surface area contributed by atoms with Crippen LogP contribution in [-0.4, -0.2) is 30.9 Å². The fraction of sp³-hybridized carbons (Fsp3) is 0.429. The molecule has 0 spiro atoms. The van der Waals surface area contributed by atoms with E-state index in [-0.39, 0.29) is 18.6 Å². The summed E-state index contributed by atoms with van der Waals surface area (Å²) in [5.74, 6) is -0.384. The topological polar surface area (TPSA) is 46.6 Å². The lowest BCUT2D eigenvalue weighted by Crippen LogP contribution is -2.35. The standard InChI is InChI=1S/C14H17NO3/c1-18-14(17)9-15(10-16)13-8-4-6-11-5-2-3-7-12(11)13/h2-3,5,7,10,13H,4,6,8-9H2,1H3/t13-/m1/s1. The van der Waals surface area contributed by atoms with Gasteiger partial charge in [-0.25, -0.2) is 0 Å². The fourth-order valence-corrected chi connectivity index (χ4v) is 2.51. The van der Waals surface area contributed by atoms with Gasteiger partial charge in [-0.15, -0.1) is 0 Å². The van der Waals surface area contributed by atoms with Crippen molar-refractivity contribution in [1.29, 1.82) is 0 Å². The number of rotatable bonds is 4. The highest BCUT2D eigenvalue weighted by Crippen LogP contribution is 2.33. The van der Waals surface area contributed by atoms with Crippen molar-refractivity contribution in [2.75, 3.05) is 13.7 Å². The van der Waals surface area contributed by atoms with Crippen LogP contribution < -0.4 is 0 Å². The Morgan fingerprint density at radius 3 is 3.00 bits per heavy atom. The van der Waals surface area contributed by atoms with Gasteiger partial charge < -0.3 is 9.64 Å². The van der Waals surface area contributed by atoms with Gasteiger partial charge in [-0.2, -0.15) is 0 Å². The second-order valence-corrected chi connectivity index (χ2v) is 4.46. The molecule has 0 aromatic heterocycles. The molecule has 0 N–H and O–H groups in total. The summed E-state index contributed by atoms with van der Waals surface area (Å²) in [5, 5.41) is 0. The molecule has 0 unspecified atom stereocenters. The molecule has 1 aromatic rings. The summed E-state index contributed by atoms with van der Waals surface area (Å²) in [7, 11) is 1.33. The van der Waals surface area contributed by atoms with Crippen molar-refractivity contribution in [1.82, 2.24) is 4.90 Å². The van der Waals surface area contributed by atoms with Crippen LogP contribution in [-0.2, 0) is 20.7 Å². The van der Waals surface area contributed by atoms with Gasteiger partial charge in [0.05, 0.1) is 13.2 Å². The molecule has 1 aliphatic rings. The minimum Gasteiger partial charge on any atom is -0.468 e. The van der Waals surface area contributed by atoms with Gasteiger partial charge in [0, 0.05) is 0 Å². The number of ether oxygens (including phenoxy) is 1. The van der Waals surface area contributed by atoms with E-state index in [1.54, 1.807) is 0 Å². The van der Waals surface area contributed by atoms with E-state index in [2.05, 4.69) is 10.8 Å². The Morgan fingerprint density at radius 2 is 2.28 bits per heavy atom. The average molecular weight is 247 g/mol. The maximum atomic E-state index is 11.3. The molecule has 0 radical (unpaired) electrons. The van der Waals surface area contributed by atoms with Crippen LogP contribution >= 0.6 is 0 Å². The Kier molecular flexibility index (Phi) is 3.97. The number of hydrogen-bond acceptors (Lipinski definition) is 3. The number of amides is 1. The van der Waals surface area contributed by atoms with E-state index < -0.39 is 0 Å². The number of carbonyl (C=O) groups is 2. The van der Waals surface area contributed by atoms with Gasteiger partial charge in [0.1, 0.15) is 6.54 Å². The highest BCUT2D eigenvalue weighted by molar-refractivity contribution is 5.74. The molecule has 1 aromatic carbocycles. The van der Waals surface area contributed by atoms with Crippen LogP contribution in [0.4, 0.5) is 0 Å². The van der Waals surface area contributed by atoms with E-state index in [4.69, 9.17) is 0 Å². The monoisotopic (exact) mass is 247 g/mol. The van der Waals surface area contributed by atoms with Crippen molar-refractivity contribution >= 4 is 12.4 Å². The Balaban J connectivity index is 2.22. The highest BCUT2D eigenvalue weighted by Gasteiger charge is 2.26. The van der Waals surface area contributed by atoms with E-state index in [9.17, 15) is 9.59 Å². The van der Waals surface area contributed by atoms with Crippen LogP contribution in [0.15, 0.2) is 24.3 Å². The van der Waals surface area contributed by atoms with Gasteiger partial charge in [0.2, 0.25) is 6.41 Å². The lowest BCUT2D eigenvalue weighted by Gasteiger charge is -2.32. The van der Waals surface area contributed by atoms with Gasteiger partial charge in [0.25, 0.3) is 0 Å². The summed E-state index contributed by atoms with van der Waals surface area (Å²) < 4.78 is 4.62. The minimum absolute atomic E-state index is 0.00782. The zero-order valence-electron chi connectivity index (χ0n) is 10.5. The van der Waals surface area contributed by atoms with Crippen LogP contribution in [0.3, 0.4) is 0 Å². The first-order chi connectivity index (χ1) is 8.76. The van der Waals surface area contributed by atoms with E-state index in [0.29, 0.717) is 0 Å². The molecule has 4 heteroatoms. The Hall–Kier alpha value is -1.84. The number of nitrogens with zero attached hydrogens (tertiary/aromatic N) is 1. The van der Waals surface area contributed by atoms with Crippen LogP contribution in [0.25, 0.3) is 0 Å². The second kappa shape index (κ2) is 5.67. The van der Waals surface area contributed by atoms with Gasteiger partial charge in [-0.05, 0) is 30.4 Å². The third kappa shape index (κ3) is 2.53. The van der Waals surface area contributed by atoms with Crippen molar-refractivity contribution < 1.29 is 14.3 Å². The molecule has 18 heavy (non-hydrogen) atoms. The highest BCUT2D eigenvalue weighted by atomic mass is 16.5. The first-order valence-electron chi connectivity index (χ1n) is 6.12. The van der Waals surface area contributed by atoms with Crippen LogP contribution in [0.1, 0.15) is 30.0 Å². The molecule has 2 rings (SSSR count). The zero-order valence-corrected chi connectivity index (χ0v) is 10.5. The van der Waals surface area contributed by atoms with Crippen LogP contribution in [0.2, 0.25) is 0 Å². The van der Waals surface area contributed by atoms with Gasteiger partial charge in [-0.1, -0.05) is 24.3 Å². The molecule has 1 amide bonds. The molecule has 0 saturated carbocycles. The summed E-state index contributed by atoms with van der Waals surface area (Å²) in [6.07, 6.45) is 3.71. The van der Waals surface area contributed by atoms with E-state index in [1.165, 1.54) is 17.6 Å². The zero-order chi connectivity index (χ0) is 13.0. The molecule has 1 aliphatic carbocycles. The Bertz CT molecular complexity index is 444. The number of esters is 1. The van der Waals surface area contributed by atoms with Crippen LogP contribution in [0.5, 0.6) is 0 Å². The molecular formula is C14H17NO3. The summed E-state index contributed by atoms with van der Waals surface area (Å²) in [6.45, 7) is 0.0129. The number of methoxy groups -OCH3 is 1. The van der Waals surface area contributed by atoms with Crippen molar-refractivity contribution in [2.45, 2.75) is 25.3 Å². The number of carbonyl (C=O) groups excluding carboxylic acids is 2. The van der Waals surface area contributed by atoms with E-state index in [0.717, 1.165) is 31.2 Å². The number of fused-ring (bicyclic) bond motifs is 1. The Labute approximate surface area is 107 Å². The van der Waals surface area contributed by atoms with Crippen molar-refractivity contribution in [3.8, 4) is 0 Å². The second-order valence-electron chi connectivity index (χ2n) is 4.46. The predicted molar refractivity (Wildman–Crippen MR) is 66.9 cm³/mol. The molecule has 0 fully saturated rings. The third-order valence-electron chi connectivity index (χ3n) is 3.41. The largest absolute Gasteiger partial charge is 0.468 e. The normalized spacial score (nSPS) is 17.7. The van der Waals surface area contributed by atoms with Crippen molar-refractivity contribution in [3.05, 3.63) is 35.4 Å². The Morgan fingerprint density at radius 1 is 1.50 bits per heavy atom. The molecule has 0 bridgehead atoms. The third-order valence-corrected chi connectivity index (χ3v) is 3.41. The summed E-state index contributed by atoms with van der Waals surface area (Å²) >= 11 is 0. The van der Waals surface area contributed by atoms with Gasteiger partial charge in [-0.3, -0.25) is 9.59 Å². The van der Waals surface area contributed by atoms with Crippen LogP contribution in [0, 0.1) is 0 Å².